The number of phosphoric ester groups is 1. The molecule has 0 heterocycles. The van der Waals surface area contributed by atoms with Gasteiger partial charge in [-0.1, -0.05) is 91.0 Å². The molecule has 0 aliphatic rings. The number of aliphatic hydroxyl groups excluding tert-OH is 1. The van der Waals surface area contributed by atoms with E-state index in [1.807, 2.05) is 30.3 Å². The number of hydrogen-bond acceptors (Lipinski definition) is 9. The van der Waals surface area contributed by atoms with Gasteiger partial charge in [-0.15, -0.1) is 0 Å². The molecule has 3 aromatic carbocycles. The summed E-state index contributed by atoms with van der Waals surface area (Å²) in [5, 5.41) is 9.30. The number of carbonyl (C=O) groups excluding carboxylic acids is 2. The van der Waals surface area contributed by atoms with Gasteiger partial charge in [0.1, 0.15) is 13.2 Å². The Morgan fingerprint density at radius 2 is 1.16 bits per heavy atom. The largest absolute Gasteiger partial charge is 0.478 e. The summed E-state index contributed by atoms with van der Waals surface area (Å²) in [5.74, 6) is -0.691. The lowest BCUT2D eigenvalue weighted by Crippen LogP contribution is -2.39. The number of ether oxygens (including phenoxy) is 2. The van der Waals surface area contributed by atoms with Crippen molar-refractivity contribution in [3.8, 4) is 0 Å². The summed E-state index contributed by atoms with van der Waals surface area (Å²) < 4.78 is 39.6. The molecule has 10 nitrogen and oxygen atoms in total. The summed E-state index contributed by atoms with van der Waals surface area (Å²) in [6.45, 7) is -1.94. The van der Waals surface area contributed by atoms with E-state index in [2.05, 4.69) is 0 Å². The van der Waals surface area contributed by atoms with E-state index in [0.717, 1.165) is 21.6 Å². The zero-order valence-corrected chi connectivity index (χ0v) is 21.6. The van der Waals surface area contributed by atoms with Crippen LogP contribution in [0.1, 0.15) is 16.7 Å². The molecule has 0 spiro atoms. The molecule has 202 valence electrons. The van der Waals surface area contributed by atoms with Crippen molar-refractivity contribution in [3.05, 3.63) is 108 Å². The molecule has 3 aromatic rings. The van der Waals surface area contributed by atoms with Gasteiger partial charge in [0, 0.05) is 6.54 Å². The Bertz CT molecular complexity index is 1120. The number of hydrogen-bond donors (Lipinski definition) is 1. The van der Waals surface area contributed by atoms with Crippen LogP contribution in [0, 0.1) is 0 Å². The first-order valence-electron chi connectivity index (χ1n) is 11.8. The molecule has 0 bridgehead atoms. The molecule has 0 aliphatic carbocycles. The predicted molar refractivity (Wildman–Crippen MR) is 137 cm³/mol. The van der Waals surface area contributed by atoms with Crippen molar-refractivity contribution in [3.63, 3.8) is 0 Å². The van der Waals surface area contributed by atoms with Gasteiger partial charge in [-0.05, 0) is 16.7 Å². The third-order valence-electron chi connectivity index (χ3n) is 5.05. The monoisotopic (exact) mass is 543 g/mol. The number of nitrogens with zero attached hydrogens (tertiary/aromatic N) is 1. The van der Waals surface area contributed by atoms with E-state index < -0.39 is 39.8 Å². The number of esters is 1. The first-order chi connectivity index (χ1) is 18.5. The minimum atomic E-state index is -4.16. The molecule has 1 amide bonds. The van der Waals surface area contributed by atoms with Crippen LogP contribution in [0.15, 0.2) is 91.0 Å². The SMILES string of the molecule is O=C(CN(CCO)C(=O)OCOP(=O)(OCc1ccccc1)OCc1ccccc1)OCc1ccccc1. The van der Waals surface area contributed by atoms with Gasteiger partial charge in [0.15, 0.2) is 0 Å². The molecule has 0 aliphatic heterocycles. The van der Waals surface area contributed by atoms with Crippen molar-refractivity contribution < 1.29 is 42.3 Å². The van der Waals surface area contributed by atoms with Gasteiger partial charge >= 0.3 is 19.9 Å². The van der Waals surface area contributed by atoms with Crippen molar-refractivity contribution in [2.45, 2.75) is 19.8 Å². The molecule has 0 saturated carbocycles. The molecule has 11 heteroatoms. The van der Waals surface area contributed by atoms with Gasteiger partial charge in [0.25, 0.3) is 0 Å². The van der Waals surface area contributed by atoms with Crippen molar-refractivity contribution in [1.82, 2.24) is 4.90 Å². The smallest absolute Gasteiger partial charge is 0.459 e. The minimum Gasteiger partial charge on any atom is -0.459 e. The van der Waals surface area contributed by atoms with Crippen molar-refractivity contribution in [2.24, 2.45) is 0 Å². The van der Waals surface area contributed by atoms with Crippen LogP contribution in [0.2, 0.25) is 0 Å². The van der Waals surface area contributed by atoms with Crippen molar-refractivity contribution in [1.29, 1.82) is 0 Å². The highest BCUT2D eigenvalue weighted by molar-refractivity contribution is 7.48. The van der Waals surface area contributed by atoms with Crippen LogP contribution in [-0.4, -0.2) is 48.6 Å². The second-order valence-electron chi connectivity index (χ2n) is 7.91. The quantitative estimate of drug-likeness (QED) is 0.166. The Balaban J connectivity index is 1.53. The Labute approximate surface area is 221 Å². The molecule has 0 fully saturated rings. The second-order valence-corrected chi connectivity index (χ2v) is 9.58. The number of aliphatic hydroxyl groups is 1. The summed E-state index contributed by atoms with van der Waals surface area (Å²) in [5.41, 5.74) is 2.26. The maximum Gasteiger partial charge on any atom is 0.478 e. The highest BCUT2D eigenvalue weighted by Crippen LogP contribution is 2.50. The van der Waals surface area contributed by atoms with Gasteiger partial charge in [-0.2, -0.15) is 0 Å². The highest BCUT2D eigenvalue weighted by Gasteiger charge is 2.29. The molecule has 0 aromatic heterocycles. The molecule has 0 saturated heterocycles. The summed E-state index contributed by atoms with van der Waals surface area (Å²) in [4.78, 5) is 25.7. The zero-order chi connectivity index (χ0) is 27.1. The van der Waals surface area contributed by atoms with Gasteiger partial charge in [-0.3, -0.25) is 18.7 Å². The van der Waals surface area contributed by atoms with Crippen LogP contribution in [0.5, 0.6) is 0 Å². The lowest BCUT2D eigenvalue weighted by atomic mass is 10.2. The number of amides is 1. The van der Waals surface area contributed by atoms with E-state index in [1.54, 1.807) is 60.7 Å². The van der Waals surface area contributed by atoms with E-state index in [-0.39, 0.29) is 26.4 Å². The van der Waals surface area contributed by atoms with Crippen LogP contribution in [0.4, 0.5) is 4.79 Å². The summed E-state index contributed by atoms with van der Waals surface area (Å²) >= 11 is 0. The van der Waals surface area contributed by atoms with Crippen LogP contribution in [0.25, 0.3) is 0 Å². The van der Waals surface area contributed by atoms with E-state index in [0.29, 0.717) is 0 Å². The Morgan fingerprint density at radius 1 is 0.684 bits per heavy atom. The van der Waals surface area contributed by atoms with Crippen LogP contribution in [0.3, 0.4) is 0 Å². The average molecular weight is 544 g/mol. The maximum absolute atomic E-state index is 13.2. The Kier molecular flexibility index (Phi) is 12.0. The summed E-state index contributed by atoms with van der Waals surface area (Å²) in [6.07, 6.45) is -0.978. The first-order valence-corrected chi connectivity index (χ1v) is 13.3. The first kappa shape index (κ1) is 29.0. The van der Waals surface area contributed by atoms with Crippen molar-refractivity contribution >= 4 is 19.9 Å². The van der Waals surface area contributed by atoms with Gasteiger partial charge < -0.3 is 14.6 Å². The van der Waals surface area contributed by atoms with Crippen molar-refractivity contribution in [2.75, 3.05) is 26.5 Å². The van der Waals surface area contributed by atoms with Gasteiger partial charge in [0.2, 0.25) is 6.79 Å². The molecule has 0 radical (unpaired) electrons. The Hall–Kier alpha value is -3.53. The lowest BCUT2D eigenvalue weighted by Gasteiger charge is -2.22. The normalized spacial score (nSPS) is 11.1. The third kappa shape index (κ3) is 10.5. The topological polar surface area (TPSA) is 121 Å². The van der Waals surface area contributed by atoms with Crippen LogP contribution in [-0.2, 0) is 52.2 Å². The molecule has 0 atom stereocenters. The number of rotatable bonds is 15. The minimum absolute atomic E-state index is 0.0332. The fourth-order valence-corrected chi connectivity index (χ4v) is 4.11. The standard InChI is InChI=1S/C27H30NO9P/c29-17-16-28(18-26(30)33-19-23-10-4-1-5-11-23)27(31)34-22-37-38(32,35-20-24-12-6-2-7-13-24)36-21-25-14-8-3-9-15-25/h1-15,29H,16-22H2. The molecular weight excluding hydrogens is 513 g/mol. The fourth-order valence-electron chi connectivity index (χ4n) is 3.10. The second kappa shape index (κ2) is 15.7. The van der Waals surface area contributed by atoms with Gasteiger partial charge in [0.05, 0.1) is 19.8 Å². The number of benzene rings is 3. The van der Waals surface area contributed by atoms with E-state index in [4.69, 9.17) is 23.0 Å². The van der Waals surface area contributed by atoms with E-state index in [9.17, 15) is 19.3 Å². The van der Waals surface area contributed by atoms with Crippen LogP contribution < -0.4 is 0 Å². The molecule has 1 N–H and O–H groups in total. The fraction of sp³-hybridized carbons (Fsp3) is 0.259. The molecule has 0 unspecified atom stereocenters. The summed E-state index contributed by atoms with van der Waals surface area (Å²) in [7, 11) is -4.16. The maximum atomic E-state index is 13.2. The number of carbonyl (C=O) groups is 2. The highest BCUT2D eigenvalue weighted by atomic mass is 31.2. The molecule has 3 rings (SSSR count). The molecule has 38 heavy (non-hydrogen) atoms. The van der Waals surface area contributed by atoms with Crippen LogP contribution >= 0.6 is 7.82 Å². The zero-order valence-electron chi connectivity index (χ0n) is 20.7. The van der Waals surface area contributed by atoms with E-state index in [1.165, 1.54) is 0 Å². The average Bonchev–Trinajstić information content (AvgIpc) is 2.95. The Morgan fingerprint density at radius 3 is 1.63 bits per heavy atom. The molecular formula is C27H30NO9P. The van der Waals surface area contributed by atoms with Gasteiger partial charge in [-0.25, -0.2) is 13.9 Å². The van der Waals surface area contributed by atoms with E-state index >= 15 is 0 Å². The third-order valence-corrected chi connectivity index (χ3v) is 6.36. The predicted octanol–water partition coefficient (Wildman–Crippen LogP) is 4.68. The number of phosphoric acid groups is 1. The summed E-state index contributed by atoms with van der Waals surface area (Å²) in [6, 6.07) is 27.1. The lowest BCUT2D eigenvalue weighted by molar-refractivity contribution is -0.146.